The fraction of sp³-hybridized carbons (Fsp3) is 0.769. The van der Waals surface area contributed by atoms with Crippen molar-refractivity contribution in [1.82, 2.24) is 10.6 Å². The van der Waals surface area contributed by atoms with E-state index >= 15 is 0 Å². The first-order valence-corrected chi connectivity index (χ1v) is 6.60. The third-order valence-corrected chi connectivity index (χ3v) is 3.50. The molecule has 0 atom stereocenters. The number of ether oxygens (including phenoxy) is 1. The van der Waals surface area contributed by atoms with Crippen LogP contribution in [0.2, 0.25) is 0 Å². The largest absolute Gasteiger partial charge is 0.381 e. The van der Waals surface area contributed by atoms with Crippen molar-refractivity contribution in [2.45, 2.75) is 25.7 Å². The quantitative estimate of drug-likeness (QED) is 0.714. The van der Waals surface area contributed by atoms with E-state index in [-0.39, 0.29) is 11.8 Å². The number of hydrogen-bond acceptors (Lipinski definition) is 3. The summed E-state index contributed by atoms with van der Waals surface area (Å²) in [7, 11) is 0. The Balaban J connectivity index is 1.63. The van der Waals surface area contributed by atoms with Crippen molar-refractivity contribution in [1.29, 1.82) is 0 Å². The van der Waals surface area contributed by atoms with Gasteiger partial charge in [-0.1, -0.05) is 11.6 Å². The second-order valence-corrected chi connectivity index (χ2v) is 4.74. The standard InChI is InChI=1S/C13H22N2O2/c16-13(12-4-9-17-10-5-12)15-8-3-11-1-6-14-7-2-11/h1,12,14H,2-10H2,(H,15,16). The molecule has 0 aromatic heterocycles. The minimum absolute atomic E-state index is 0.172. The Kier molecular flexibility index (Phi) is 5.01. The summed E-state index contributed by atoms with van der Waals surface area (Å²) in [6, 6.07) is 0. The van der Waals surface area contributed by atoms with Gasteiger partial charge in [0.15, 0.2) is 0 Å². The molecule has 4 nitrogen and oxygen atoms in total. The van der Waals surface area contributed by atoms with E-state index in [0.29, 0.717) is 0 Å². The monoisotopic (exact) mass is 238 g/mol. The van der Waals surface area contributed by atoms with Gasteiger partial charge in [-0.3, -0.25) is 4.79 Å². The number of carbonyl (C=O) groups is 1. The summed E-state index contributed by atoms with van der Waals surface area (Å²) in [6.07, 6.45) is 6.10. The van der Waals surface area contributed by atoms with E-state index in [1.165, 1.54) is 5.57 Å². The maximum atomic E-state index is 11.8. The van der Waals surface area contributed by atoms with E-state index in [4.69, 9.17) is 4.74 Å². The fourth-order valence-electron chi connectivity index (χ4n) is 2.35. The van der Waals surface area contributed by atoms with Crippen LogP contribution in [0.3, 0.4) is 0 Å². The molecule has 1 saturated heterocycles. The lowest BCUT2D eigenvalue weighted by Gasteiger charge is -2.21. The summed E-state index contributed by atoms with van der Waals surface area (Å²) < 4.78 is 5.25. The molecule has 96 valence electrons. The first kappa shape index (κ1) is 12.6. The minimum atomic E-state index is 0.172. The van der Waals surface area contributed by atoms with Gasteiger partial charge in [0.05, 0.1) is 0 Å². The first-order chi connectivity index (χ1) is 8.36. The van der Waals surface area contributed by atoms with Crippen LogP contribution in [0.25, 0.3) is 0 Å². The maximum Gasteiger partial charge on any atom is 0.223 e. The van der Waals surface area contributed by atoms with E-state index in [2.05, 4.69) is 16.7 Å². The van der Waals surface area contributed by atoms with Gasteiger partial charge < -0.3 is 15.4 Å². The van der Waals surface area contributed by atoms with Gasteiger partial charge in [0.2, 0.25) is 5.91 Å². The highest BCUT2D eigenvalue weighted by atomic mass is 16.5. The van der Waals surface area contributed by atoms with Crippen molar-refractivity contribution < 1.29 is 9.53 Å². The molecule has 17 heavy (non-hydrogen) atoms. The summed E-state index contributed by atoms with van der Waals surface area (Å²) in [4.78, 5) is 11.8. The zero-order chi connectivity index (χ0) is 11.9. The van der Waals surface area contributed by atoms with E-state index in [1.54, 1.807) is 0 Å². The molecule has 2 rings (SSSR count). The number of hydrogen-bond donors (Lipinski definition) is 2. The van der Waals surface area contributed by atoms with E-state index in [0.717, 1.165) is 58.5 Å². The van der Waals surface area contributed by atoms with Crippen LogP contribution in [0, 0.1) is 5.92 Å². The maximum absolute atomic E-state index is 11.8. The van der Waals surface area contributed by atoms with Gasteiger partial charge in [-0.15, -0.1) is 0 Å². The Morgan fingerprint density at radius 3 is 3.00 bits per heavy atom. The zero-order valence-corrected chi connectivity index (χ0v) is 10.3. The number of nitrogens with one attached hydrogen (secondary N) is 2. The molecule has 0 saturated carbocycles. The minimum Gasteiger partial charge on any atom is -0.381 e. The molecule has 0 spiro atoms. The van der Waals surface area contributed by atoms with Crippen molar-refractivity contribution in [2.24, 2.45) is 5.92 Å². The predicted octanol–water partition coefficient (Wildman–Crippen LogP) is 0.839. The van der Waals surface area contributed by atoms with Crippen LogP contribution in [-0.4, -0.2) is 38.8 Å². The molecule has 2 aliphatic heterocycles. The normalized spacial score (nSPS) is 22.0. The first-order valence-electron chi connectivity index (χ1n) is 6.60. The molecule has 2 aliphatic rings. The number of rotatable bonds is 4. The van der Waals surface area contributed by atoms with Crippen molar-refractivity contribution >= 4 is 5.91 Å². The van der Waals surface area contributed by atoms with Gasteiger partial charge in [0.1, 0.15) is 0 Å². The van der Waals surface area contributed by atoms with E-state index in [1.807, 2.05) is 0 Å². The van der Waals surface area contributed by atoms with E-state index in [9.17, 15) is 4.79 Å². The SMILES string of the molecule is O=C(NCCC1=CCNCC1)C1CCOCC1. The molecule has 0 aliphatic carbocycles. The second kappa shape index (κ2) is 6.77. The summed E-state index contributed by atoms with van der Waals surface area (Å²) in [5, 5.41) is 6.33. The molecule has 4 heteroatoms. The fourth-order valence-corrected chi connectivity index (χ4v) is 2.35. The Morgan fingerprint density at radius 1 is 1.47 bits per heavy atom. The van der Waals surface area contributed by atoms with Crippen LogP contribution in [-0.2, 0) is 9.53 Å². The molecule has 0 radical (unpaired) electrons. The zero-order valence-electron chi connectivity index (χ0n) is 10.3. The van der Waals surface area contributed by atoms with Gasteiger partial charge in [0.25, 0.3) is 0 Å². The van der Waals surface area contributed by atoms with E-state index < -0.39 is 0 Å². The smallest absolute Gasteiger partial charge is 0.223 e. The summed E-state index contributed by atoms with van der Waals surface area (Å²) in [6.45, 7) is 4.29. The number of amides is 1. The molecule has 1 amide bonds. The Labute approximate surface area is 103 Å². The lowest BCUT2D eigenvalue weighted by molar-refractivity contribution is -0.127. The predicted molar refractivity (Wildman–Crippen MR) is 66.7 cm³/mol. The van der Waals surface area contributed by atoms with Crippen molar-refractivity contribution in [2.75, 3.05) is 32.8 Å². The molecule has 1 fully saturated rings. The van der Waals surface area contributed by atoms with Crippen LogP contribution < -0.4 is 10.6 Å². The van der Waals surface area contributed by atoms with Crippen LogP contribution in [0.15, 0.2) is 11.6 Å². The van der Waals surface area contributed by atoms with Crippen molar-refractivity contribution in [3.05, 3.63) is 11.6 Å². The van der Waals surface area contributed by atoms with Gasteiger partial charge in [0, 0.05) is 32.2 Å². The lowest BCUT2D eigenvalue weighted by Crippen LogP contribution is -2.35. The van der Waals surface area contributed by atoms with Crippen LogP contribution in [0.4, 0.5) is 0 Å². The second-order valence-electron chi connectivity index (χ2n) is 4.74. The summed E-state index contributed by atoms with van der Waals surface area (Å²) in [5.41, 5.74) is 1.47. The molecule has 2 heterocycles. The van der Waals surface area contributed by atoms with Crippen LogP contribution in [0.1, 0.15) is 25.7 Å². The highest BCUT2D eigenvalue weighted by Gasteiger charge is 2.20. The summed E-state index contributed by atoms with van der Waals surface area (Å²) >= 11 is 0. The van der Waals surface area contributed by atoms with Crippen LogP contribution in [0.5, 0.6) is 0 Å². The topological polar surface area (TPSA) is 50.4 Å². The third-order valence-electron chi connectivity index (χ3n) is 3.50. The highest BCUT2D eigenvalue weighted by molar-refractivity contribution is 5.78. The van der Waals surface area contributed by atoms with Crippen molar-refractivity contribution in [3.8, 4) is 0 Å². The highest BCUT2D eigenvalue weighted by Crippen LogP contribution is 2.14. The van der Waals surface area contributed by atoms with Crippen molar-refractivity contribution in [3.63, 3.8) is 0 Å². The van der Waals surface area contributed by atoms with Gasteiger partial charge in [-0.25, -0.2) is 0 Å². The average molecular weight is 238 g/mol. The van der Waals surface area contributed by atoms with Gasteiger partial charge in [-0.05, 0) is 32.2 Å². The lowest BCUT2D eigenvalue weighted by atomic mass is 9.99. The summed E-state index contributed by atoms with van der Waals surface area (Å²) in [5.74, 6) is 0.383. The molecular weight excluding hydrogens is 216 g/mol. The molecule has 0 aromatic rings. The molecule has 2 N–H and O–H groups in total. The molecule has 0 aromatic carbocycles. The molecule has 0 bridgehead atoms. The molecular formula is C13H22N2O2. The Bertz CT molecular complexity index is 283. The average Bonchev–Trinajstić information content (AvgIpc) is 2.41. The third kappa shape index (κ3) is 4.13. The Morgan fingerprint density at radius 2 is 2.29 bits per heavy atom. The molecule has 0 unspecified atom stereocenters. The van der Waals surface area contributed by atoms with Gasteiger partial charge in [-0.2, -0.15) is 0 Å². The number of carbonyl (C=O) groups excluding carboxylic acids is 1. The van der Waals surface area contributed by atoms with Gasteiger partial charge >= 0.3 is 0 Å². The van der Waals surface area contributed by atoms with Crippen LogP contribution >= 0.6 is 0 Å². The Hall–Kier alpha value is -0.870.